The van der Waals surface area contributed by atoms with Crippen LogP contribution in [0.1, 0.15) is 24.4 Å². The minimum absolute atomic E-state index is 0.291. The summed E-state index contributed by atoms with van der Waals surface area (Å²) in [6.45, 7) is 3.05. The molecule has 0 fully saturated rings. The van der Waals surface area contributed by atoms with E-state index >= 15 is 0 Å². The van der Waals surface area contributed by atoms with Gasteiger partial charge in [-0.05, 0) is 24.2 Å². The van der Waals surface area contributed by atoms with Crippen LogP contribution in [0.3, 0.4) is 0 Å². The van der Waals surface area contributed by atoms with Crippen molar-refractivity contribution < 1.29 is 0 Å². The van der Waals surface area contributed by atoms with E-state index in [2.05, 4.69) is 27.2 Å². The average molecular weight is 216 g/mol. The van der Waals surface area contributed by atoms with E-state index in [9.17, 15) is 0 Å². The summed E-state index contributed by atoms with van der Waals surface area (Å²) in [5, 5.41) is 3.45. The van der Waals surface area contributed by atoms with Crippen molar-refractivity contribution >= 4 is 0 Å². The molecule has 16 heavy (non-hydrogen) atoms. The molecule has 0 aromatic carbocycles. The highest BCUT2D eigenvalue weighted by Gasteiger charge is 2.11. The summed E-state index contributed by atoms with van der Waals surface area (Å²) < 4.78 is 0. The summed E-state index contributed by atoms with van der Waals surface area (Å²) in [5.41, 5.74) is 1.24. The van der Waals surface area contributed by atoms with E-state index in [1.807, 2.05) is 30.7 Å². The SMILES string of the molecule is CCNC(Cc1ncc[nH]1)c1ccncc1. The van der Waals surface area contributed by atoms with Gasteiger partial charge in [0.05, 0.1) is 0 Å². The van der Waals surface area contributed by atoms with Gasteiger partial charge in [-0.2, -0.15) is 0 Å². The lowest BCUT2D eigenvalue weighted by molar-refractivity contribution is 0.538. The maximum absolute atomic E-state index is 4.25. The van der Waals surface area contributed by atoms with E-state index in [0.717, 1.165) is 18.8 Å². The summed E-state index contributed by atoms with van der Waals surface area (Å²) in [7, 11) is 0. The number of imidazole rings is 1. The molecule has 2 aromatic rings. The van der Waals surface area contributed by atoms with Crippen LogP contribution in [0.4, 0.5) is 0 Å². The second-order valence-electron chi connectivity index (χ2n) is 3.63. The van der Waals surface area contributed by atoms with Crippen LogP contribution >= 0.6 is 0 Å². The standard InChI is InChI=1S/C12H16N4/c1-2-14-11(9-12-15-7-8-16-12)10-3-5-13-6-4-10/h3-8,11,14H,2,9H2,1H3,(H,15,16). The molecule has 0 saturated carbocycles. The Labute approximate surface area is 95.1 Å². The van der Waals surface area contributed by atoms with Crippen molar-refractivity contribution in [2.45, 2.75) is 19.4 Å². The van der Waals surface area contributed by atoms with Crippen molar-refractivity contribution in [1.82, 2.24) is 20.3 Å². The minimum atomic E-state index is 0.291. The van der Waals surface area contributed by atoms with Crippen molar-refractivity contribution in [3.05, 3.63) is 48.3 Å². The molecule has 0 spiro atoms. The van der Waals surface area contributed by atoms with Crippen LogP contribution in [0.5, 0.6) is 0 Å². The summed E-state index contributed by atoms with van der Waals surface area (Å²) in [5.74, 6) is 1.00. The topological polar surface area (TPSA) is 53.6 Å². The second kappa shape index (κ2) is 5.42. The average Bonchev–Trinajstić information content (AvgIpc) is 2.83. The van der Waals surface area contributed by atoms with Gasteiger partial charge in [0, 0.05) is 37.3 Å². The number of aromatic amines is 1. The maximum atomic E-state index is 4.25. The Kier molecular flexibility index (Phi) is 3.66. The highest BCUT2D eigenvalue weighted by atomic mass is 14.9. The molecule has 2 heterocycles. The molecule has 0 bridgehead atoms. The molecule has 2 aromatic heterocycles. The highest BCUT2D eigenvalue weighted by molar-refractivity contribution is 5.16. The first-order chi connectivity index (χ1) is 7.90. The Bertz CT molecular complexity index is 396. The van der Waals surface area contributed by atoms with Crippen molar-refractivity contribution in [3.63, 3.8) is 0 Å². The quantitative estimate of drug-likeness (QED) is 0.799. The number of pyridine rings is 1. The Balaban J connectivity index is 2.11. The lowest BCUT2D eigenvalue weighted by Crippen LogP contribution is -2.23. The summed E-state index contributed by atoms with van der Waals surface area (Å²) in [6.07, 6.45) is 8.14. The number of H-pyrrole nitrogens is 1. The zero-order chi connectivity index (χ0) is 11.2. The summed E-state index contributed by atoms with van der Waals surface area (Å²) >= 11 is 0. The zero-order valence-electron chi connectivity index (χ0n) is 9.35. The number of rotatable bonds is 5. The molecule has 0 amide bonds. The second-order valence-corrected chi connectivity index (χ2v) is 3.63. The van der Waals surface area contributed by atoms with Crippen molar-refractivity contribution in [2.75, 3.05) is 6.54 Å². The number of likely N-dealkylation sites (N-methyl/N-ethyl adjacent to an activating group) is 1. The van der Waals surface area contributed by atoms with Crippen molar-refractivity contribution in [2.24, 2.45) is 0 Å². The molecule has 4 heteroatoms. The summed E-state index contributed by atoms with van der Waals surface area (Å²) in [4.78, 5) is 11.4. The monoisotopic (exact) mass is 216 g/mol. The van der Waals surface area contributed by atoms with E-state index in [4.69, 9.17) is 0 Å². The first-order valence-electron chi connectivity index (χ1n) is 5.51. The zero-order valence-corrected chi connectivity index (χ0v) is 9.35. The number of hydrogen-bond donors (Lipinski definition) is 2. The van der Waals surface area contributed by atoms with Gasteiger partial charge in [-0.25, -0.2) is 4.98 Å². The van der Waals surface area contributed by atoms with Crippen LogP contribution in [0.15, 0.2) is 36.9 Å². The van der Waals surface area contributed by atoms with Gasteiger partial charge in [-0.3, -0.25) is 4.98 Å². The van der Waals surface area contributed by atoms with Crippen LogP contribution in [0, 0.1) is 0 Å². The Morgan fingerprint density at radius 1 is 1.31 bits per heavy atom. The summed E-state index contributed by atoms with van der Waals surface area (Å²) in [6, 6.07) is 4.37. The van der Waals surface area contributed by atoms with E-state index in [-0.39, 0.29) is 0 Å². The predicted octanol–water partition coefficient (Wildman–Crippen LogP) is 1.70. The normalized spacial score (nSPS) is 12.6. The van der Waals surface area contributed by atoms with Crippen LogP contribution < -0.4 is 5.32 Å². The number of nitrogens with zero attached hydrogens (tertiary/aromatic N) is 2. The molecule has 2 rings (SSSR count). The molecule has 4 nitrogen and oxygen atoms in total. The largest absolute Gasteiger partial charge is 0.349 e. The molecule has 2 N–H and O–H groups in total. The fraction of sp³-hybridized carbons (Fsp3) is 0.333. The predicted molar refractivity (Wildman–Crippen MR) is 62.9 cm³/mol. The molecule has 0 radical (unpaired) electrons. The molecule has 0 saturated heterocycles. The Morgan fingerprint density at radius 3 is 2.75 bits per heavy atom. The molecule has 0 aliphatic heterocycles. The molecule has 84 valence electrons. The van der Waals surface area contributed by atoms with E-state index in [1.54, 1.807) is 6.20 Å². The third-order valence-electron chi connectivity index (χ3n) is 2.51. The van der Waals surface area contributed by atoms with Crippen LogP contribution in [-0.4, -0.2) is 21.5 Å². The molecule has 0 aliphatic carbocycles. The van der Waals surface area contributed by atoms with Gasteiger partial charge in [-0.1, -0.05) is 6.92 Å². The number of nitrogens with one attached hydrogen (secondary N) is 2. The van der Waals surface area contributed by atoms with E-state index < -0.39 is 0 Å². The molecular weight excluding hydrogens is 200 g/mol. The fourth-order valence-electron chi connectivity index (χ4n) is 1.75. The Morgan fingerprint density at radius 2 is 2.12 bits per heavy atom. The van der Waals surface area contributed by atoms with E-state index in [0.29, 0.717) is 6.04 Å². The molecule has 0 aliphatic rings. The van der Waals surface area contributed by atoms with Crippen LogP contribution in [-0.2, 0) is 6.42 Å². The van der Waals surface area contributed by atoms with Crippen LogP contribution in [0.2, 0.25) is 0 Å². The molecular formula is C12H16N4. The first-order valence-corrected chi connectivity index (χ1v) is 5.51. The van der Waals surface area contributed by atoms with Crippen molar-refractivity contribution in [3.8, 4) is 0 Å². The molecule has 1 unspecified atom stereocenters. The minimum Gasteiger partial charge on any atom is -0.349 e. The van der Waals surface area contributed by atoms with Gasteiger partial charge in [0.1, 0.15) is 5.82 Å². The third kappa shape index (κ3) is 2.67. The van der Waals surface area contributed by atoms with Gasteiger partial charge in [0.25, 0.3) is 0 Å². The lowest BCUT2D eigenvalue weighted by atomic mass is 10.1. The number of aromatic nitrogens is 3. The van der Waals surface area contributed by atoms with Gasteiger partial charge >= 0.3 is 0 Å². The van der Waals surface area contributed by atoms with Gasteiger partial charge in [-0.15, -0.1) is 0 Å². The lowest BCUT2D eigenvalue weighted by Gasteiger charge is -2.16. The Hall–Kier alpha value is -1.68. The highest BCUT2D eigenvalue weighted by Crippen LogP contribution is 2.15. The van der Waals surface area contributed by atoms with Crippen LogP contribution in [0.25, 0.3) is 0 Å². The first kappa shape index (κ1) is 10.8. The smallest absolute Gasteiger partial charge is 0.107 e. The van der Waals surface area contributed by atoms with Crippen molar-refractivity contribution in [1.29, 1.82) is 0 Å². The third-order valence-corrected chi connectivity index (χ3v) is 2.51. The molecule has 1 atom stereocenters. The van der Waals surface area contributed by atoms with Gasteiger partial charge < -0.3 is 10.3 Å². The fourth-order valence-corrected chi connectivity index (χ4v) is 1.75. The van der Waals surface area contributed by atoms with Gasteiger partial charge in [0.2, 0.25) is 0 Å². The van der Waals surface area contributed by atoms with E-state index in [1.165, 1.54) is 5.56 Å². The maximum Gasteiger partial charge on any atom is 0.107 e. The number of hydrogen-bond acceptors (Lipinski definition) is 3. The van der Waals surface area contributed by atoms with Gasteiger partial charge in [0.15, 0.2) is 0 Å².